The summed E-state index contributed by atoms with van der Waals surface area (Å²) in [6.45, 7) is 1.36. The predicted molar refractivity (Wildman–Crippen MR) is 84.4 cm³/mol. The second kappa shape index (κ2) is 7.40. The number of benzene rings is 1. The summed E-state index contributed by atoms with van der Waals surface area (Å²) < 4.78 is 18.5. The Morgan fingerprint density at radius 3 is 2.77 bits per heavy atom. The van der Waals surface area contributed by atoms with Crippen molar-refractivity contribution < 1.29 is 13.9 Å². The first kappa shape index (κ1) is 17.2. The molecule has 3 rings (SSSR count). The highest BCUT2D eigenvalue weighted by Gasteiger charge is 2.30. The Morgan fingerprint density at radius 2 is 2.05 bits per heavy atom. The zero-order chi connectivity index (χ0) is 14.8. The average molecular weight is 329 g/mol. The van der Waals surface area contributed by atoms with E-state index in [-0.39, 0.29) is 36.1 Å². The first-order chi connectivity index (χ1) is 10.1. The van der Waals surface area contributed by atoms with Crippen LogP contribution in [0.3, 0.4) is 0 Å². The van der Waals surface area contributed by atoms with Gasteiger partial charge in [-0.05, 0) is 54.9 Å². The fraction of sp³-hybridized carbons (Fsp3) is 0.562. The summed E-state index contributed by atoms with van der Waals surface area (Å²) in [6.07, 6.45) is 3.28. The van der Waals surface area contributed by atoms with E-state index in [4.69, 9.17) is 10.5 Å². The van der Waals surface area contributed by atoms with Crippen molar-refractivity contribution in [2.75, 3.05) is 13.2 Å². The van der Waals surface area contributed by atoms with Gasteiger partial charge in [-0.3, -0.25) is 4.79 Å². The second-order valence-corrected chi connectivity index (χ2v) is 5.92. The maximum atomic E-state index is 13.2. The van der Waals surface area contributed by atoms with Crippen LogP contribution in [-0.4, -0.2) is 25.2 Å². The van der Waals surface area contributed by atoms with E-state index in [1.807, 2.05) is 0 Å². The number of amides is 1. The van der Waals surface area contributed by atoms with E-state index in [0.29, 0.717) is 13.2 Å². The molecule has 0 bridgehead atoms. The second-order valence-electron chi connectivity index (χ2n) is 5.92. The normalized spacial score (nSPS) is 22.5. The van der Waals surface area contributed by atoms with Gasteiger partial charge in [0.15, 0.2) is 0 Å². The average Bonchev–Trinajstić information content (AvgIpc) is 2.89. The smallest absolute Gasteiger partial charge is 0.237 e. The first-order valence-corrected chi connectivity index (χ1v) is 7.57. The number of rotatable bonds is 3. The van der Waals surface area contributed by atoms with Crippen molar-refractivity contribution in [3.63, 3.8) is 0 Å². The monoisotopic (exact) mass is 328 g/mol. The van der Waals surface area contributed by atoms with E-state index in [2.05, 4.69) is 5.32 Å². The lowest BCUT2D eigenvalue weighted by Gasteiger charge is -2.28. The van der Waals surface area contributed by atoms with Gasteiger partial charge in [0.1, 0.15) is 5.82 Å². The summed E-state index contributed by atoms with van der Waals surface area (Å²) >= 11 is 0. The summed E-state index contributed by atoms with van der Waals surface area (Å²) in [5.74, 6) is -0.142. The van der Waals surface area contributed by atoms with Gasteiger partial charge in [-0.1, -0.05) is 6.07 Å². The lowest BCUT2D eigenvalue weighted by Crippen LogP contribution is -2.47. The maximum Gasteiger partial charge on any atom is 0.237 e. The van der Waals surface area contributed by atoms with Crippen LogP contribution in [0.5, 0.6) is 0 Å². The Hall–Kier alpha value is -1.17. The van der Waals surface area contributed by atoms with Crippen LogP contribution >= 0.6 is 12.4 Å². The minimum absolute atomic E-state index is 0. The lowest BCUT2D eigenvalue weighted by atomic mass is 9.91. The zero-order valence-corrected chi connectivity index (χ0v) is 13.2. The molecule has 0 saturated carbocycles. The van der Waals surface area contributed by atoms with Gasteiger partial charge >= 0.3 is 0 Å². The molecule has 0 radical (unpaired) electrons. The number of nitrogens with two attached hydrogens (primary N) is 1. The van der Waals surface area contributed by atoms with Gasteiger partial charge in [-0.25, -0.2) is 4.39 Å². The third-order valence-electron chi connectivity index (χ3n) is 4.58. The highest BCUT2D eigenvalue weighted by atomic mass is 35.5. The van der Waals surface area contributed by atoms with Gasteiger partial charge < -0.3 is 15.8 Å². The molecule has 2 aliphatic rings. The Labute approximate surface area is 136 Å². The quantitative estimate of drug-likeness (QED) is 0.893. The molecule has 1 aromatic carbocycles. The van der Waals surface area contributed by atoms with E-state index in [1.54, 1.807) is 12.1 Å². The molecule has 3 N–H and O–H groups in total. The van der Waals surface area contributed by atoms with Crippen LogP contribution in [0.2, 0.25) is 0 Å². The van der Waals surface area contributed by atoms with Crippen LogP contribution in [0.25, 0.3) is 0 Å². The largest absolute Gasteiger partial charge is 0.381 e. The number of carbonyl (C=O) groups excluding carboxylic acids is 1. The molecule has 0 aromatic heterocycles. The number of aryl methyl sites for hydroxylation is 1. The number of fused-ring (bicyclic) bond motifs is 1. The molecule has 1 heterocycles. The molecule has 6 heteroatoms. The molecule has 1 fully saturated rings. The molecule has 1 saturated heterocycles. The number of nitrogens with one attached hydrogen (secondary N) is 1. The maximum absolute atomic E-state index is 13.2. The Morgan fingerprint density at radius 1 is 1.32 bits per heavy atom. The van der Waals surface area contributed by atoms with Gasteiger partial charge in [-0.15, -0.1) is 12.4 Å². The molecule has 2 unspecified atom stereocenters. The summed E-state index contributed by atoms with van der Waals surface area (Å²) in [6, 6.07) is 4.24. The van der Waals surface area contributed by atoms with E-state index >= 15 is 0 Å². The van der Waals surface area contributed by atoms with Crippen LogP contribution in [-0.2, 0) is 16.0 Å². The third-order valence-corrected chi connectivity index (χ3v) is 4.58. The topological polar surface area (TPSA) is 64.4 Å². The van der Waals surface area contributed by atoms with Crippen LogP contribution in [0.4, 0.5) is 4.39 Å². The van der Waals surface area contributed by atoms with Crippen molar-refractivity contribution in [2.45, 2.75) is 37.8 Å². The molecule has 122 valence electrons. The van der Waals surface area contributed by atoms with Crippen molar-refractivity contribution in [2.24, 2.45) is 11.7 Å². The van der Waals surface area contributed by atoms with Gasteiger partial charge in [0.2, 0.25) is 5.91 Å². The number of hydrogen-bond donors (Lipinski definition) is 2. The highest BCUT2D eigenvalue weighted by Crippen LogP contribution is 2.31. The van der Waals surface area contributed by atoms with Crippen LogP contribution in [0.15, 0.2) is 18.2 Å². The molecule has 0 spiro atoms. The van der Waals surface area contributed by atoms with Crippen molar-refractivity contribution in [3.05, 3.63) is 35.1 Å². The van der Waals surface area contributed by atoms with E-state index < -0.39 is 6.04 Å². The predicted octanol–water partition coefficient (Wildman–Crippen LogP) is 2.10. The van der Waals surface area contributed by atoms with E-state index in [0.717, 1.165) is 36.8 Å². The van der Waals surface area contributed by atoms with Gasteiger partial charge in [0.25, 0.3) is 0 Å². The van der Waals surface area contributed by atoms with Gasteiger partial charge in [0, 0.05) is 13.2 Å². The summed E-state index contributed by atoms with van der Waals surface area (Å²) in [5, 5.41) is 3.02. The summed E-state index contributed by atoms with van der Waals surface area (Å²) in [4.78, 5) is 12.3. The van der Waals surface area contributed by atoms with E-state index in [9.17, 15) is 9.18 Å². The minimum Gasteiger partial charge on any atom is -0.381 e. The van der Waals surface area contributed by atoms with Crippen molar-refractivity contribution in [1.29, 1.82) is 0 Å². The Kier molecular flexibility index (Phi) is 5.78. The van der Waals surface area contributed by atoms with Crippen LogP contribution in [0, 0.1) is 11.7 Å². The molecule has 1 aromatic rings. The molecule has 1 aliphatic heterocycles. The van der Waals surface area contributed by atoms with Crippen molar-refractivity contribution in [1.82, 2.24) is 5.32 Å². The molecular formula is C16H22ClFN2O2. The number of hydrogen-bond acceptors (Lipinski definition) is 3. The standard InChI is InChI=1S/C16H21FN2O2.ClH/c17-12-2-3-13-11(9-12)1-4-14(13)19-16(20)15(18)10-5-7-21-8-6-10;/h2-3,9-10,14-15H,1,4-8,18H2,(H,19,20);1H. The molecule has 4 nitrogen and oxygen atoms in total. The van der Waals surface area contributed by atoms with Gasteiger partial charge in [0.05, 0.1) is 12.1 Å². The van der Waals surface area contributed by atoms with Crippen molar-refractivity contribution in [3.8, 4) is 0 Å². The SMILES string of the molecule is Cl.NC(C(=O)NC1CCc2cc(F)ccc21)C1CCOCC1. The third kappa shape index (κ3) is 3.59. The number of carbonyl (C=O) groups is 1. The summed E-state index contributed by atoms with van der Waals surface area (Å²) in [7, 11) is 0. The van der Waals surface area contributed by atoms with Crippen LogP contribution < -0.4 is 11.1 Å². The summed E-state index contributed by atoms with van der Waals surface area (Å²) in [5.41, 5.74) is 8.09. The van der Waals surface area contributed by atoms with Crippen LogP contribution in [0.1, 0.15) is 36.4 Å². The zero-order valence-electron chi connectivity index (χ0n) is 12.4. The lowest BCUT2D eigenvalue weighted by molar-refractivity contribution is -0.125. The molecular weight excluding hydrogens is 307 g/mol. The number of halogens is 2. The molecule has 22 heavy (non-hydrogen) atoms. The highest BCUT2D eigenvalue weighted by molar-refractivity contribution is 5.85. The Bertz CT molecular complexity index is 535. The number of ether oxygens (including phenoxy) is 1. The van der Waals surface area contributed by atoms with E-state index in [1.165, 1.54) is 6.07 Å². The molecule has 2 atom stereocenters. The van der Waals surface area contributed by atoms with Gasteiger partial charge in [-0.2, -0.15) is 0 Å². The fourth-order valence-electron chi connectivity index (χ4n) is 3.29. The first-order valence-electron chi connectivity index (χ1n) is 7.57. The van der Waals surface area contributed by atoms with Crippen molar-refractivity contribution >= 4 is 18.3 Å². The molecule has 1 amide bonds. The Balaban J connectivity index is 0.00000176. The molecule has 1 aliphatic carbocycles. The fourth-order valence-corrected chi connectivity index (χ4v) is 3.29. The minimum atomic E-state index is -0.488.